The number of carboxylic acid groups (broad SMARTS) is 2. The Morgan fingerprint density at radius 3 is 1.24 bits per heavy atom. The van der Waals surface area contributed by atoms with Crippen molar-refractivity contribution in [3.63, 3.8) is 0 Å². The van der Waals surface area contributed by atoms with Gasteiger partial charge in [-0.2, -0.15) is 0 Å². The molecule has 1 aliphatic rings. The van der Waals surface area contributed by atoms with Gasteiger partial charge in [-0.05, 0) is 12.1 Å². The van der Waals surface area contributed by atoms with Crippen LogP contribution < -0.4 is 22.5 Å². The predicted octanol–water partition coefficient (Wildman–Crippen LogP) is -0.111. The molecule has 5 rings (SSSR count). The van der Waals surface area contributed by atoms with E-state index in [1.807, 2.05) is 0 Å². The largest absolute Gasteiger partial charge is 0.478 e. The van der Waals surface area contributed by atoms with E-state index in [9.17, 15) is 38.4 Å². The van der Waals surface area contributed by atoms with Crippen LogP contribution in [0.5, 0.6) is 0 Å². The molecule has 0 saturated carbocycles. The number of fused-ring (bicyclic) bond motifs is 4. The molecule has 0 aliphatic carbocycles. The average molecular weight is 454 g/mol. The highest BCUT2D eigenvalue weighted by molar-refractivity contribution is 6.23. The topological polar surface area (TPSA) is 213 Å². The van der Waals surface area contributed by atoms with Crippen molar-refractivity contribution in [1.82, 2.24) is 0 Å². The third-order valence-electron chi connectivity index (χ3n) is 4.67. The van der Waals surface area contributed by atoms with E-state index in [2.05, 4.69) is 13.6 Å². The standard InChI is InChI=1S/C12H2O10.C8H4O3/c13-7(14)1-2(8(15)16)4-6(12(20)22-10(4)18)5-3(1)9(17)21-11(5)19;9-7-5-3-1-2-4-6(5)8(10)11-7/h(H,13,14)(H,15,16);1-4H. The van der Waals surface area contributed by atoms with Gasteiger partial charge in [0.2, 0.25) is 0 Å². The van der Waals surface area contributed by atoms with Gasteiger partial charge in [0.25, 0.3) is 0 Å². The number of aromatic carboxylic acids is 2. The van der Waals surface area contributed by atoms with E-state index in [0.717, 1.165) is 0 Å². The summed E-state index contributed by atoms with van der Waals surface area (Å²) < 4.78 is 12.8. The highest BCUT2D eigenvalue weighted by Crippen LogP contribution is 2.27. The number of benzene rings is 2. The number of carbonyl (C=O) groups is 4. The van der Waals surface area contributed by atoms with Gasteiger partial charge in [0.05, 0.1) is 43.8 Å². The lowest BCUT2D eigenvalue weighted by Crippen LogP contribution is -2.15. The highest BCUT2D eigenvalue weighted by atomic mass is 16.6. The fourth-order valence-corrected chi connectivity index (χ4v) is 3.40. The second-order valence-corrected chi connectivity index (χ2v) is 6.44. The third kappa shape index (κ3) is 3.03. The normalized spacial score (nSPS) is 12.4. The number of cyclic esters (lactones) is 2. The van der Waals surface area contributed by atoms with Crippen LogP contribution in [0.25, 0.3) is 21.5 Å². The molecule has 0 spiro atoms. The van der Waals surface area contributed by atoms with Gasteiger partial charge in [0, 0.05) is 0 Å². The molecule has 0 amide bonds. The molecule has 33 heavy (non-hydrogen) atoms. The molecule has 13 heteroatoms. The van der Waals surface area contributed by atoms with Gasteiger partial charge in [0.15, 0.2) is 0 Å². The van der Waals surface area contributed by atoms with Crippen LogP contribution in [0.1, 0.15) is 41.4 Å². The minimum Gasteiger partial charge on any atom is -0.478 e. The molecule has 1 aliphatic heterocycles. The lowest BCUT2D eigenvalue weighted by Gasteiger charge is -2.02. The first-order valence-corrected chi connectivity index (χ1v) is 8.63. The van der Waals surface area contributed by atoms with E-state index in [1.54, 1.807) is 24.3 Å². The number of hydrogen-bond acceptors (Lipinski definition) is 11. The second-order valence-electron chi connectivity index (χ2n) is 6.44. The van der Waals surface area contributed by atoms with Crippen LogP contribution in [0.3, 0.4) is 0 Å². The third-order valence-corrected chi connectivity index (χ3v) is 4.67. The van der Waals surface area contributed by atoms with E-state index in [1.165, 1.54) is 0 Å². The monoisotopic (exact) mass is 454 g/mol. The molecule has 0 bridgehead atoms. The first-order chi connectivity index (χ1) is 15.5. The highest BCUT2D eigenvalue weighted by Gasteiger charge is 2.33. The lowest BCUT2D eigenvalue weighted by atomic mass is 9.96. The summed E-state index contributed by atoms with van der Waals surface area (Å²) in [6, 6.07) is 6.53. The molecule has 0 unspecified atom stereocenters. The molecule has 2 N–H and O–H groups in total. The van der Waals surface area contributed by atoms with Crippen molar-refractivity contribution in [2.45, 2.75) is 0 Å². The Morgan fingerprint density at radius 2 is 0.909 bits per heavy atom. The fraction of sp³-hybridized carbons (Fsp3) is 0. The Balaban J connectivity index is 0.000000196. The smallest absolute Gasteiger partial charge is 0.347 e. The number of furan rings is 2. The average Bonchev–Trinajstić information content (AvgIpc) is 3.32. The minimum atomic E-state index is -1.88. The molecular formula is C20H6O13. The summed E-state index contributed by atoms with van der Waals surface area (Å²) in [7, 11) is 0. The first-order valence-electron chi connectivity index (χ1n) is 8.63. The Morgan fingerprint density at radius 1 is 0.576 bits per heavy atom. The summed E-state index contributed by atoms with van der Waals surface area (Å²) in [5.41, 5.74) is -7.06. The van der Waals surface area contributed by atoms with Crippen molar-refractivity contribution in [1.29, 1.82) is 0 Å². The van der Waals surface area contributed by atoms with Crippen LogP contribution in [0, 0.1) is 0 Å². The van der Waals surface area contributed by atoms with E-state index in [4.69, 9.17) is 10.2 Å². The molecule has 0 saturated heterocycles. The summed E-state index contributed by atoms with van der Waals surface area (Å²) in [4.78, 5) is 90.8. The quantitative estimate of drug-likeness (QED) is 0.299. The molecule has 4 aromatic rings. The first kappa shape index (κ1) is 21.0. The van der Waals surface area contributed by atoms with E-state index < -0.39 is 79.1 Å². The van der Waals surface area contributed by atoms with Gasteiger partial charge >= 0.3 is 46.4 Å². The maximum atomic E-state index is 11.6. The van der Waals surface area contributed by atoms with Crippen LogP contribution in [0.4, 0.5) is 0 Å². The Labute approximate surface area is 177 Å². The van der Waals surface area contributed by atoms with E-state index in [-0.39, 0.29) is 0 Å². The molecule has 2 aromatic carbocycles. The van der Waals surface area contributed by atoms with Gasteiger partial charge in [-0.1, -0.05) is 12.1 Å². The molecule has 13 nitrogen and oxygen atoms in total. The number of ether oxygens (including phenoxy) is 1. The van der Waals surface area contributed by atoms with Gasteiger partial charge in [-0.15, -0.1) is 0 Å². The summed E-state index contributed by atoms with van der Waals surface area (Å²) in [5, 5.41) is 15.0. The molecular weight excluding hydrogens is 448 g/mol. The van der Waals surface area contributed by atoms with Crippen molar-refractivity contribution >= 4 is 45.4 Å². The minimum absolute atomic E-state index is 0.359. The maximum Gasteiger partial charge on any atom is 0.347 e. The van der Waals surface area contributed by atoms with Crippen molar-refractivity contribution < 1.29 is 43.0 Å². The van der Waals surface area contributed by atoms with Crippen LogP contribution in [0.15, 0.2) is 52.3 Å². The predicted molar refractivity (Wildman–Crippen MR) is 104 cm³/mol. The van der Waals surface area contributed by atoms with Crippen molar-refractivity contribution in [2.24, 2.45) is 0 Å². The zero-order chi connectivity index (χ0) is 24.2. The Hall–Kier alpha value is -5.20. The van der Waals surface area contributed by atoms with Gasteiger partial charge in [-0.3, -0.25) is 0 Å². The lowest BCUT2D eigenvalue weighted by molar-refractivity contribution is 0.0442. The van der Waals surface area contributed by atoms with E-state index in [0.29, 0.717) is 11.1 Å². The number of esters is 2. The molecule has 0 fully saturated rings. The summed E-state index contributed by atoms with van der Waals surface area (Å²) >= 11 is 0. The number of rotatable bonds is 2. The summed E-state index contributed by atoms with van der Waals surface area (Å²) in [5.74, 6) is -4.86. The van der Waals surface area contributed by atoms with Crippen molar-refractivity contribution in [3.05, 3.63) is 88.2 Å². The van der Waals surface area contributed by atoms with Crippen LogP contribution >= 0.6 is 0 Å². The SMILES string of the molecule is O=C(O)c1c(C(=O)O)c2c(=O)oc(=O)c2c2c(=O)oc(=O)c12.O=C1OC(=O)c2ccccc21. The summed E-state index contributed by atoms with van der Waals surface area (Å²) in [6.45, 7) is 0. The Bertz CT molecular complexity index is 1630. The molecule has 2 aromatic heterocycles. The van der Waals surface area contributed by atoms with Crippen LogP contribution in [-0.2, 0) is 4.74 Å². The molecule has 0 radical (unpaired) electrons. The Kier molecular flexibility index (Phi) is 4.59. The van der Waals surface area contributed by atoms with Gasteiger partial charge in [-0.25, -0.2) is 38.4 Å². The van der Waals surface area contributed by atoms with Gasteiger partial charge in [0.1, 0.15) is 0 Å². The summed E-state index contributed by atoms with van der Waals surface area (Å²) in [6.07, 6.45) is 0. The van der Waals surface area contributed by atoms with Gasteiger partial charge < -0.3 is 23.8 Å². The zero-order valence-electron chi connectivity index (χ0n) is 15.7. The van der Waals surface area contributed by atoms with E-state index >= 15 is 0 Å². The number of hydrogen-bond donors (Lipinski definition) is 2. The molecule has 3 heterocycles. The fourth-order valence-electron chi connectivity index (χ4n) is 3.40. The number of carboxylic acids is 2. The van der Waals surface area contributed by atoms with Crippen LogP contribution in [-0.4, -0.2) is 34.1 Å². The van der Waals surface area contributed by atoms with Crippen molar-refractivity contribution in [3.8, 4) is 0 Å². The maximum absolute atomic E-state index is 11.6. The molecule has 0 atom stereocenters. The van der Waals surface area contributed by atoms with Crippen molar-refractivity contribution in [2.75, 3.05) is 0 Å². The number of carbonyl (C=O) groups excluding carboxylic acids is 2. The zero-order valence-corrected chi connectivity index (χ0v) is 15.7. The van der Waals surface area contributed by atoms with Crippen LogP contribution in [0.2, 0.25) is 0 Å². The second kappa shape index (κ2) is 7.19. The molecule has 164 valence electrons.